The van der Waals surface area contributed by atoms with Crippen LogP contribution >= 0.6 is 0 Å². The highest BCUT2D eigenvalue weighted by Crippen LogP contribution is 2.17. The largest absolute Gasteiger partial charge is 0.489 e. The van der Waals surface area contributed by atoms with Crippen molar-refractivity contribution in [2.24, 2.45) is 0 Å². The third-order valence-electron chi connectivity index (χ3n) is 2.67. The van der Waals surface area contributed by atoms with Crippen LogP contribution < -0.4 is 4.74 Å². The molecule has 2 heteroatoms. The van der Waals surface area contributed by atoms with Gasteiger partial charge in [-0.15, -0.1) is 0 Å². The molecule has 1 aromatic carbocycles. The molecular weight excluding hydrogens is 210 g/mol. The van der Waals surface area contributed by atoms with Crippen LogP contribution in [0.1, 0.15) is 30.9 Å². The molecule has 1 aromatic heterocycles. The topological polar surface area (TPSA) is 22.1 Å². The molecule has 0 aliphatic carbocycles. The number of pyridine rings is 1. The Morgan fingerprint density at radius 1 is 1.12 bits per heavy atom. The van der Waals surface area contributed by atoms with Gasteiger partial charge < -0.3 is 4.74 Å². The SMILES string of the molecule is CC(C)c1cccc(COc2ccncc2)c1. The zero-order valence-electron chi connectivity index (χ0n) is 10.3. The molecule has 0 bridgehead atoms. The average molecular weight is 227 g/mol. The molecule has 2 aromatic rings. The second-order valence-electron chi connectivity index (χ2n) is 4.37. The lowest BCUT2D eigenvalue weighted by molar-refractivity contribution is 0.305. The van der Waals surface area contributed by atoms with Crippen molar-refractivity contribution in [3.63, 3.8) is 0 Å². The fourth-order valence-corrected chi connectivity index (χ4v) is 1.64. The summed E-state index contributed by atoms with van der Waals surface area (Å²) in [5.41, 5.74) is 2.55. The van der Waals surface area contributed by atoms with Crippen molar-refractivity contribution in [1.29, 1.82) is 0 Å². The molecular formula is C15H17NO. The molecule has 0 fully saturated rings. The average Bonchev–Trinajstić information content (AvgIpc) is 2.38. The Morgan fingerprint density at radius 3 is 2.59 bits per heavy atom. The Bertz CT molecular complexity index is 465. The quantitative estimate of drug-likeness (QED) is 0.793. The molecule has 0 spiro atoms. The summed E-state index contributed by atoms with van der Waals surface area (Å²) in [5.74, 6) is 1.41. The van der Waals surface area contributed by atoms with Crippen molar-refractivity contribution in [3.05, 3.63) is 59.9 Å². The van der Waals surface area contributed by atoms with E-state index in [1.807, 2.05) is 12.1 Å². The second-order valence-corrected chi connectivity index (χ2v) is 4.37. The van der Waals surface area contributed by atoms with Gasteiger partial charge in [0.15, 0.2) is 0 Å². The molecule has 0 radical (unpaired) electrons. The summed E-state index contributed by atoms with van der Waals surface area (Å²) in [6.45, 7) is 5.00. The van der Waals surface area contributed by atoms with E-state index in [0.717, 1.165) is 5.75 Å². The molecule has 1 heterocycles. The molecule has 2 nitrogen and oxygen atoms in total. The van der Waals surface area contributed by atoms with Gasteiger partial charge in [-0.25, -0.2) is 0 Å². The van der Waals surface area contributed by atoms with Crippen LogP contribution in [0.5, 0.6) is 5.75 Å². The third-order valence-corrected chi connectivity index (χ3v) is 2.67. The standard InChI is InChI=1S/C15H17NO/c1-12(2)14-5-3-4-13(10-14)11-17-15-6-8-16-9-7-15/h3-10,12H,11H2,1-2H3. The normalized spacial score (nSPS) is 10.5. The van der Waals surface area contributed by atoms with E-state index in [1.54, 1.807) is 12.4 Å². The zero-order chi connectivity index (χ0) is 12.1. The Morgan fingerprint density at radius 2 is 1.88 bits per heavy atom. The van der Waals surface area contributed by atoms with Crippen molar-refractivity contribution in [2.45, 2.75) is 26.4 Å². The van der Waals surface area contributed by atoms with Crippen LogP contribution in [0.4, 0.5) is 0 Å². The van der Waals surface area contributed by atoms with E-state index in [-0.39, 0.29) is 0 Å². The molecule has 0 amide bonds. The van der Waals surface area contributed by atoms with E-state index in [9.17, 15) is 0 Å². The van der Waals surface area contributed by atoms with Crippen molar-refractivity contribution >= 4 is 0 Å². The Hall–Kier alpha value is -1.83. The molecule has 88 valence electrons. The number of nitrogens with zero attached hydrogens (tertiary/aromatic N) is 1. The first-order valence-corrected chi connectivity index (χ1v) is 5.87. The van der Waals surface area contributed by atoms with Gasteiger partial charge in [0.2, 0.25) is 0 Å². The Kier molecular flexibility index (Phi) is 3.76. The molecule has 0 atom stereocenters. The second kappa shape index (κ2) is 5.48. The van der Waals surface area contributed by atoms with Crippen LogP contribution in [0.3, 0.4) is 0 Å². The van der Waals surface area contributed by atoms with Gasteiger partial charge in [0.05, 0.1) is 0 Å². The summed E-state index contributed by atoms with van der Waals surface area (Å²) in [6, 6.07) is 12.3. The molecule has 0 saturated heterocycles. The number of ether oxygens (including phenoxy) is 1. The van der Waals surface area contributed by atoms with Crippen LogP contribution in [0.25, 0.3) is 0 Å². The monoisotopic (exact) mass is 227 g/mol. The summed E-state index contributed by atoms with van der Waals surface area (Å²) < 4.78 is 5.69. The van der Waals surface area contributed by atoms with E-state index in [2.05, 4.69) is 43.1 Å². The highest BCUT2D eigenvalue weighted by molar-refractivity contribution is 5.26. The van der Waals surface area contributed by atoms with E-state index in [0.29, 0.717) is 12.5 Å². The van der Waals surface area contributed by atoms with Crippen LogP contribution in [0.2, 0.25) is 0 Å². The summed E-state index contributed by atoms with van der Waals surface area (Å²) in [7, 11) is 0. The van der Waals surface area contributed by atoms with E-state index in [4.69, 9.17) is 4.74 Å². The van der Waals surface area contributed by atoms with Gasteiger partial charge in [-0.05, 0) is 29.2 Å². The number of hydrogen-bond donors (Lipinski definition) is 0. The van der Waals surface area contributed by atoms with Crippen molar-refractivity contribution in [1.82, 2.24) is 4.98 Å². The van der Waals surface area contributed by atoms with Crippen molar-refractivity contribution in [2.75, 3.05) is 0 Å². The minimum atomic E-state index is 0.552. The van der Waals surface area contributed by atoms with Crippen LogP contribution in [0, 0.1) is 0 Å². The number of aromatic nitrogens is 1. The fourth-order valence-electron chi connectivity index (χ4n) is 1.64. The smallest absolute Gasteiger partial charge is 0.122 e. The maximum Gasteiger partial charge on any atom is 0.122 e. The van der Waals surface area contributed by atoms with Crippen LogP contribution in [-0.2, 0) is 6.61 Å². The van der Waals surface area contributed by atoms with Gasteiger partial charge in [-0.3, -0.25) is 4.98 Å². The predicted octanol–water partition coefficient (Wildman–Crippen LogP) is 3.78. The third kappa shape index (κ3) is 3.31. The Labute approximate surface area is 102 Å². The molecule has 0 saturated carbocycles. The maximum atomic E-state index is 5.69. The van der Waals surface area contributed by atoms with Gasteiger partial charge in [0.1, 0.15) is 12.4 Å². The molecule has 2 rings (SSSR count). The van der Waals surface area contributed by atoms with Gasteiger partial charge in [-0.1, -0.05) is 38.1 Å². The maximum absolute atomic E-state index is 5.69. The van der Waals surface area contributed by atoms with E-state index >= 15 is 0 Å². The number of hydrogen-bond acceptors (Lipinski definition) is 2. The molecule has 0 unspecified atom stereocenters. The molecule has 0 aliphatic heterocycles. The first kappa shape index (κ1) is 11.6. The van der Waals surface area contributed by atoms with Crippen molar-refractivity contribution in [3.8, 4) is 5.75 Å². The summed E-state index contributed by atoms with van der Waals surface area (Å²) in [6.07, 6.45) is 3.47. The number of rotatable bonds is 4. The zero-order valence-corrected chi connectivity index (χ0v) is 10.3. The Balaban J connectivity index is 2.02. The lowest BCUT2D eigenvalue weighted by atomic mass is 10.0. The van der Waals surface area contributed by atoms with Gasteiger partial charge in [0.25, 0.3) is 0 Å². The van der Waals surface area contributed by atoms with Crippen LogP contribution in [-0.4, -0.2) is 4.98 Å². The minimum Gasteiger partial charge on any atom is -0.489 e. The predicted molar refractivity (Wildman–Crippen MR) is 69.1 cm³/mol. The molecule has 0 N–H and O–H groups in total. The van der Waals surface area contributed by atoms with Gasteiger partial charge in [-0.2, -0.15) is 0 Å². The lowest BCUT2D eigenvalue weighted by Crippen LogP contribution is -1.97. The number of benzene rings is 1. The summed E-state index contributed by atoms with van der Waals surface area (Å²) >= 11 is 0. The fraction of sp³-hybridized carbons (Fsp3) is 0.267. The highest BCUT2D eigenvalue weighted by Gasteiger charge is 2.01. The van der Waals surface area contributed by atoms with Crippen molar-refractivity contribution < 1.29 is 4.74 Å². The first-order valence-electron chi connectivity index (χ1n) is 5.87. The van der Waals surface area contributed by atoms with E-state index < -0.39 is 0 Å². The lowest BCUT2D eigenvalue weighted by Gasteiger charge is -2.09. The van der Waals surface area contributed by atoms with Crippen LogP contribution in [0.15, 0.2) is 48.8 Å². The van der Waals surface area contributed by atoms with Gasteiger partial charge >= 0.3 is 0 Å². The molecule has 0 aliphatic rings. The highest BCUT2D eigenvalue weighted by atomic mass is 16.5. The van der Waals surface area contributed by atoms with Gasteiger partial charge in [0, 0.05) is 12.4 Å². The summed E-state index contributed by atoms with van der Waals surface area (Å²) in [5, 5.41) is 0. The first-order chi connectivity index (χ1) is 8.25. The summed E-state index contributed by atoms with van der Waals surface area (Å²) in [4.78, 5) is 3.96. The minimum absolute atomic E-state index is 0.552. The van der Waals surface area contributed by atoms with E-state index in [1.165, 1.54) is 11.1 Å². The molecule has 17 heavy (non-hydrogen) atoms.